The van der Waals surface area contributed by atoms with E-state index in [-0.39, 0.29) is 17.2 Å². The summed E-state index contributed by atoms with van der Waals surface area (Å²) in [6.45, 7) is 1.12. The highest BCUT2D eigenvalue weighted by Crippen LogP contribution is 2.34. The maximum Gasteiger partial charge on any atom is 0.271 e. The van der Waals surface area contributed by atoms with Crippen LogP contribution in [0.3, 0.4) is 0 Å². The molecule has 0 atom stereocenters. The highest BCUT2D eigenvalue weighted by atomic mass is 19.3. The van der Waals surface area contributed by atoms with E-state index in [1.165, 1.54) is 6.20 Å². The lowest BCUT2D eigenvalue weighted by molar-refractivity contribution is 0.0887. The van der Waals surface area contributed by atoms with Gasteiger partial charge in [0.2, 0.25) is 0 Å². The summed E-state index contributed by atoms with van der Waals surface area (Å²) in [4.78, 5) is 25.7. The number of rotatable bonds is 5. The molecule has 4 aromatic heterocycles. The number of hydrogen-bond donors (Lipinski definition) is 2. The monoisotopic (exact) mass is 472 g/mol. The number of pyridine rings is 1. The smallest absolute Gasteiger partial charge is 0.271 e. The van der Waals surface area contributed by atoms with E-state index in [2.05, 4.69) is 26.3 Å². The topological polar surface area (TPSA) is 126 Å². The number of amides is 1. The fraction of sp³-hybridized carbons (Fsp3) is 0.125. The number of nitrogens with two attached hydrogens (primary N) is 1. The van der Waals surface area contributed by atoms with Crippen molar-refractivity contribution >= 4 is 23.0 Å². The van der Waals surface area contributed by atoms with Crippen LogP contribution in [0.1, 0.15) is 21.7 Å². The first-order chi connectivity index (χ1) is 16.9. The van der Waals surface area contributed by atoms with Crippen molar-refractivity contribution in [3.05, 3.63) is 71.9 Å². The maximum absolute atomic E-state index is 12.6. The number of nitrogens with zero attached hydrogens (tertiary/aromatic N) is 6. The first-order valence-electron chi connectivity index (χ1n) is 10.5. The minimum atomic E-state index is -2.69. The van der Waals surface area contributed by atoms with E-state index in [4.69, 9.17) is 5.73 Å². The van der Waals surface area contributed by atoms with Gasteiger partial charge in [-0.25, -0.2) is 23.7 Å². The minimum absolute atomic E-state index is 0.0407. The Balaban J connectivity index is 1.79. The maximum atomic E-state index is 12.6. The molecule has 1 amide bonds. The summed E-state index contributed by atoms with van der Waals surface area (Å²) >= 11 is 0. The van der Waals surface area contributed by atoms with Crippen LogP contribution in [0.25, 0.3) is 33.8 Å². The third-order valence-corrected chi connectivity index (χ3v) is 5.51. The van der Waals surface area contributed by atoms with Gasteiger partial charge >= 0.3 is 0 Å². The number of carbonyl (C=O) groups is 1. The lowest BCUT2D eigenvalue weighted by atomic mass is 10.0. The predicted molar refractivity (Wildman–Crippen MR) is 125 cm³/mol. The van der Waals surface area contributed by atoms with Gasteiger partial charge in [-0.15, -0.1) is 0 Å². The fourth-order valence-corrected chi connectivity index (χ4v) is 3.89. The number of fused-ring (bicyclic) bond motifs is 2. The molecule has 0 saturated heterocycles. The van der Waals surface area contributed by atoms with Crippen molar-refractivity contribution in [1.29, 1.82) is 5.26 Å². The number of hydrogen-bond acceptors (Lipinski definition) is 6. The van der Waals surface area contributed by atoms with Crippen LogP contribution in [-0.2, 0) is 0 Å². The molecule has 0 fully saturated rings. The summed E-state index contributed by atoms with van der Waals surface area (Å²) in [6, 6.07) is 12.7. The number of nitriles is 1. The number of nitrogen functional groups attached to an aromatic ring is 1. The quantitative estimate of drug-likeness (QED) is 0.403. The fourth-order valence-electron chi connectivity index (χ4n) is 3.89. The minimum Gasteiger partial charge on any atom is -0.381 e. The highest BCUT2D eigenvalue weighted by molar-refractivity contribution is 5.94. The molecule has 0 unspecified atom stereocenters. The van der Waals surface area contributed by atoms with Crippen LogP contribution in [0.4, 0.5) is 14.6 Å². The standard InChI is InChI=1S/C24H18F2N8O/c1-13-9-29-19-6-5-16(11-33(13)19)21-20(15-4-2-3-14(7-15)8-27)32-22(28)23-31-17(12-34(21)23)24(35)30-10-18(25)26/h2-7,9,11-12,18H,10H2,1H3,(H2,28,32)(H,30,35). The summed E-state index contributed by atoms with van der Waals surface area (Å²) < 4.78 is 28.7. The Kier molecular flexibility index (Phi) is 5.33. The molecule has 3 N–H and O–H groups in total. The molecular formula is C24H18F2N8O. The number of carbonyl (C=O) groups excluding carboxylic acids is 1. The number of benzene rings is 1. The summed E-state index contributed by atoms with van der Waals surface area (Å²) in [7, 11) is 0. The van der Waals surface area contributed by atoms with E-state index in [9.17, 15) is 18.8 Å². The van der Waals surface area contributed by atoms with Crippen molar-refractivity contribution < 1.29 is 13.6 Å². The zero-order valence-corrected chi connectivity index (χ0v) is 18.4. The summed E-state index contributed by atoms with van der Waals surface area (Å²) in [5, 5.41) is 11.5. The average Bonchev–Trinajstić information content (AvgIpc) is 3.47. The van der Waals surface area contributed by atoms with Crippen LogP contribution in [0.2, 0.25) is 0 Å². The predicted octanol–water partition coefficient (Wildman–Crippen LogP) is 3.47. The Morgan fingerprint density at radius 1 is 1.17 bits per heavy atom. The van der Waals surface area contributed by atoms with Gasteiger partial charge in [-0.3, -0.25) is 9.20 Å². The van der Waals surface area contributed by atoms with Gasteiger partial charge in [0.15, 0.2) is 11.5 Å². The van der Waals surface area contributed by atoms with Crippen LogP contribution in [0.15, 0.2) is 55.0 Å². The number of anilines is 1. The van der Waals surface area contributed by atoms with Crippen LogP contribution in [0, 0.1) is 18.3 Å². The van der Waals surface area contributed by atoms with Crippen LogP contribution in [0.5, 0.6) is 0 Å². The van der Waals surface area contributed by atoms with Crippen molar-refractivity contribution in [3.8, 4) is 28.6 Å². The molecule has 0 saturated carbocycles. The average molecular weight is 472 g/mol. The van der Waals surface area contributed by atoms with Crippen molar-refractivity contribution in [2.45, 2.75) is 13.3 Å². The van der Waals surface area contributed by atoms with Gasteiger partial charge in [0.05, 0.1) is 29.6 Å². The van der Waals surface area contributed by atoms with Crippen LogP contribution < -0.4 is 11.1 Å². The summed E-state index contributed by atoms with van der Waals surface area (Å²) in [5.41, 5.74) is 10.8. The van der Waals surface area contributed by atoms with E-state index in [0.29, 0.717) is 28.1 Å². The van der Waals surface area contributed by atoms with Gasteiger partial charge in [-0.05, 0) is 31.2 Å². The second kappa shape index (κ2) is 8.49. The highest BCUT2D eigenvalue weighted by Gasteiger charge is 2.21. The molecule has 174 valence electrons. The van der Waals surface area contributed by atoms with Gasteiger partial charge < -0.3 is 15.5 Å². The molecule has 0 aliphatic carbocycles. The van der Waals surface area contributed by atoms with Crippen molar-refractivity contribution in [2.24, 2.45) is 0 Å². The molecule has 5 rings (SSSR count). The van der Waals surface area contributed by atoms with Crippen molar-refractivity contribution in [3.63, 3.8) is 0 Å². The largest absolute Gasteiger partial charge is 0.381 e. The molecule has 1 aromatic carbocycles. The Labute approximate surface area is 197 Å². The summed E-state index contributed by atoms with van der Waals surface area (Å²) in [6.07, 6.45) is 2.36. The zero-order chi connectivity index (χ0) is 24.7. The van der Waals surface area contributed by atoms with Gasteiger partial charge in [0.25, 0.3) is 12.3 Å². The van der Waals surface area contributed by atoms with Crippen LogP contribution >= 0.6 is 0 Å². The molecule has 4 heterocycles. The lowest BCUT2D eigenvalue weighted by Gasteiger charge is -2.14. The van der Waals surface area contributed by atoms with E-state index in [0.717, 1.165) is 11.3 Å². The Morgan fingerprint density at radius 3 is 2.77 bits per heavy atom. The Bertz CT molecular complexity index is 1650. The number of nitrogens with one attached hydrogen (secondary N) is 1. The number of alkyl halides is 2. The van der Waals surface area contributed by atoms with Crippen molar-refractivity contribution in [2.75, 3.05) is 12.3 Å². The van der Waals surface area contributed by atoms with Gasteiger partial charge in [0.1, 0.15) is 11.3 Å². The van der Waals surface area contributed by atoms with E-state index < -0.39 is 18.9 Å². The van der Waals surface area contributed by atoms with E-state index >= 15 is 0 Å². The number of imidazole rings is 2. The molecule has 0 aliphatic heterocycles. The Morgan fingerprint density at radius 2 is 2.00 bits per heavy atom. The molecule has 11 heteroatoms. The molecule has 0 radical (unpaired) electrons. The zero-order valence-electron chi connectivity index (χ0n) is 18.4. The van der Waals surface area contributed by atoms with Crippen LogP contribution in [-0.4, -0.2) is 42.6 Å². The van der Waals surface area contributed by atoms with Gasteiger partial charge in [-0.1, -0.05) is 12.1 Å². The number of halogens is 2. The molecule has 9 nitrogen and oxygen atoms in total. The van der Waals surface area contributed by atoms with E-state index in [1.54, 1.807) is 34.9 Å². The second-order valence-electron chi connectivity index (χ2n) is 7.85. The SMILES string of the molecule is Cc1cnc2ccc(-c3c(-c4cccc(C#N)c4)nc(N)c4nc(C(=O)NCC(F)F)cn34)cn12. The van der Waals surface area contributed by atoms with Crippen molar-refractivity contribution in [1.82, 2.24) is 29.1 Å². The molecule has 0 spiro atoms. The molecular weight excluding hydrogens is 454 g/mol. The third-order valence-electron chi connectivity index (χ3n) is 5.51. The number of aryl methyl sites for hydroxylation is 1. The van der Waals surface area contributed by atoms with Gasteiger partial charge in [-0.2, -0.15) is 5.26 Å². The molecule has 35 heavy (non-hydrogen) atoms. The Hall–Kier alpha value is -4.85. The normalized spacial score (nSPS) is 11.3. The number of aromatic nitrogens is 5. The summed E-state index contributed by atoms with van der Waals surface area (Å²) in [5.74, 6) is -0.716. The molecule has 5 aromatic rings. The first kappa shape index (κ1) is 22.0. The molecule has 0 bridgehead atoms. The molecule has 0 aliphatic rings. The van der Waals surface area contributed by atoms with Gasteiger partial charge in [0, 0.05) is 35.4 Å². The lowest BCUT2D eigenvalue weighted by Crippen LogP contribution is -2.28. The first-order valence-corrected chi connectivity index (χ1v) is 10.5. The van der Waals surface area contributed by atoms with E-state index in [1.807, 2.05) is 29.7 Å². The third kappa shape index (κ3) is 3.91. The second-order valence-corrected chi connectivity index (χ2v) is 7.85.